The van der Waals surface area contributed by atoms with Crippen molar-refractivity contribution in [3.63, 3.8) is 0 Å². The zero-order valence-corrected chi connectivity index (χ0v) is 17.9. The highest BCUT2D eigenvalue weighted by molar-refractivity contribution is 6.30. The Labute approximate surface area is 180 Å². The quantitative estimate of drug-likeness (QED) is 0.675. The predicted molar refractivity (Wildman–Crippen MR) is 113 cm³/mol. The van der Waals surface area contributed by atoms with Crippen LogP contribution in [0.15, 0.2) is 12.1 Å². The second kappa shape index (κ2) is 7.02. The van der Waals surface area contributed by atoms with E-state index in [0.717, 1.165) is 37.3 Å². The van der Waals surface area contributed by atoms with Crippen LogP contribution in [0.5, 0.6) is 0 Å². The molecule has 5 rings (SSSR count). The van der Waals surface area contributed by atoms with Crippen LogP contribution in [0.3, 0.4) is 0 Å². The lowest BCUT2D eigenvalue weighted by molar-refractivity contribution is -0.144. The molecule has 166 valence electrons. The summed E-state index contributed by atoms with van der Waals surface area (Å²) in [5.74, 6) is -4.27. The third-order valence-corrected chi connectivity index (χ3v) is 7.54. The third kappa shape index (κ3) is 3.06. The number of amides is 1. The molecule has 4 atom stereocenters. The molecule has 0 bridgehead atoms. The van der Waals surface area contributed by atoms with Gasteiger partial charge in [0, 0.05) is 36.3 Å². The predicted octanol–water partition coefficient (Wildman–Crippen LogP) is 2.30. The molecule has 2 saturated carbocycles. The van der Waals surface area contributed by atoms with E-state index in [2.05, 4.69) is 17.1 Å². The molecule has 0 aromatic heterocycles. The van der Waals surface area contributed by atoms with Gasteiger partial charge in [0.05, 0.1) is 11.7 Å². The summed E-state index contributed by atoms with van der Waals surface area (Å²) in [5.41, 5.74) is 2.51. The summed E-state index contributed by atoms with van der Waals surface area (Å²) in [5, 5.41) is 13.1. The van der Waals surface area contributed by atoms with E-state index in [0.29, 0.717) is 11.6 Å². The van der Waals surface area contributed by atoms with Crippen LogP contribution in [0, 0.1) is 18.8 Å². The number of Topliss-reactive ketones (excluding diaryl/α,β-unsaturated/α-hetero) is 1. The van der Waals surface area contributed by atoms with Crippen molar-refractivity contribution >= 4 is 29.0 Å². The number of carbonyl (C=O) groups is 3. The molecule has 8 heteroatoms. The van der Waals surface area contributed by atoms with E-state index in [1.165, 1.54) is 17.7 Å². The smallest absolute Gasteiger partial charge is 0.324 e. The number of aliphatic carboxylic acids is 1. The molecular formula is C23H28FN3O4. The molecule has 1 amide bonds. The first-order valence-electron chi connectivity index (χ1n) is 11.2. The highest BCUT2D eigenvalue weighted by Crippen LogP contribution is 2.49. The summed E-state index contributed by atoms with van der Waals surface area (Å²) in [4.78, 5) is 41.0. The monoisotopic (exact) mass is 429 g/mol. The van der Waals surface area contributed by atoms with Crippen molar-refractivity contribution in [2.24, 2.45) is 11.8 Å². The number of ketones is 1. The summed E-state index contributed by atoms with van der Waals surface area (Å²) in [7, 11) is 0. The van der Waals surface area contributed by atoms with Crippen molar-refractivity contribution in [3.05, 3.63) is 23.3 Å². The molecule has 1 saturated heterocycles. The SMILES string of the molecule is CCNC1([C@@H]2CCN(c3ccc4c(c3C)N([C@@H]3C[C@@H]3F)C(=O)C(C(=O)O)C4=O)C2)CC1. The number of nitrogens with zero attached hydrogens (tertiary/aromatic N) is 2. The van der Waals surface area contributed by atoms with Gasteiger partial charge in [-0.3, -0.25) is 14.4 Å². The Morgan fingerprint density at radius 2 is 2.03 bits per heavy atom. The summed E-state index contributed by atoms with van der Waals surface area (Å²) in [6.45, 7) is 6.70. The zero-order chi connectivity index (χ0) is 22.1. The fraction of sp³-hybridized carbons (Fsp3) is 0.609. The van der Waals surface area contributed by atoms with Crippen LogP contribution < -0.4 is 15.1 Å². The van der Waals surface area contributed by atoms with Crippen molar-refractivity contribution in [2.45, 2.75) is 57.3 Å². The first-order valence-corrected chi connectivity index (χ1v) is 11.2. The van der Waals surface area contributed by atoms with Gasteiger partial charge in [-0.25, -0.2) is 4.39 Å². The Morgan fingerprint density at radius 3 is 2.61 bits per heavy atom. The summed E-state index contributed by atoms with van der Waals surface area (Å²) >= 11 is 0. The second-order valence-electron chi connectivity index (χ2n) is 9.39. The minimum absolute atomic E-state index is 0.173. The molecule has 7 nitrogen and oxygen atoms in total. The maximum atomic E-state index is 14.0. The van der Waals surface area contributed by atoms with E-state index in [1.807, 2.05) is 13.0 Å². The van der Waals surface area contributed by atoms with E-state index in [-0.39, 0.29) is 17.5 Å². The van der Waals surface area contributed by atoms with Crippen molar-refractivity contribution < 1.29 is 23.9 Å². The molecule has 2 aliphatic heterocycles. The number of hydrogen-bond donors (Lipinski definition) is 2. The number of rotatable bonds is 6. The van der Waals surface area contributed by atoms with Gasteiger partial charge in [-0.15, -0.1) is 0 Å². The Morgan fingerprint density at radius 1 is 1.32 bits per heavy atom. The zero-order valence-electron chi connectivity index (χ0n) is 17.9. The Balaban J connectivity index is 1.51. The van der Waals surface area contributed by atoms with E-state index < -0.39 is 35.8 Å². The summed E-state index contributed by atoms with van der Waals surface area (Å²) in [6.07, 6.45) is 2.44. The highest BCUT2D eigenvalue weighted by atomic mass is 19.1. The van der Waals surface area contributed by atoms with Gasteiger partial charge in [0.25, 0.3) is 0 Å². The number of hydrogen-bond acceptors (Lipinski definition) is 5. The maximum Gasteiger partial charge on any atom is 0.324 e. The highest BCUT2D eigenvalue weighted by Gasteiger charge is 2.54. The minimum Gasteiger partial charge on any atom is -0.480 e. The molecule has 2 aliphatic carbocycles. The van der Waals surface area contributed by atoms with Crippen LogP contribution in [-0.4, -0.2) is 60.2 Å². The Bertz CT molecular complexity index is 976. The molecule has 0 radical (unpaired) electrons. The summed E-state index contributed by atoms with van der Waals surface area (Å²) in [6, 6.07) is 2.79. The molecule has 2 N–H and O–H groups in total. The number of fused-ring (bicyclic) bond motifs is 1. The summed E-state index contributed by atoms with van der Waals surface area (Å²) < 4.78 is 14.0. The van der Waals surface area contributed by atoms with E-state index in [1.54, 1.807) is 6.07 Å². The molecule has 31 heavy (non-hydrogen) atoms. The van der Waals surface area contributed by atoms with Gasteiger partial charge < -0.3 is 20.2 Å². The second-order valence-corrected chi connectivity index (χ2v) is 9.39. The molecule has 1 aromatic carbocycles. The molecule has 3 fully saturated rings. The molecule has 0 spiro atoms. The first kappa shape index (κ1) is 20.4. The molecule has 1 aromatic rings. The third-order valence-electron chi connectivity index (χ3n) is 7.54. The number of carboxylic acid groups (broad SMARTS) is 1. The minimum atomic E-state index is -1.79. The van der Waals surface area contributed by atoms with Crippen LogP contribution in [0.1, 0.15) is 48.5 Å². The fourth-order valence-corrected chi connectivity index (χ4v) is 5.67. The van der Waals surface area contributed by atoms with Gasteiger partial charge in [-0.2, -0.15) is 0 Å². The van der Waals surface area contributed by atoms with Gasteiger partial charge in [0.2, 0.25) is 5.91 Å². The lowest BCUT2D eigenvalue weighted by Gasteiger charge is -2.35. The Hall–Kier alpha value is -2.48. The van der Waals surface area contributed by atoms with Gasteiger partial charge in [0.1, 0.15) is 6.17 Å². The standard InChI is InChI=1S/C23H28FN3O4/c1-3-25-23(7-8-23)13-6-9-26(11-13)16-5-4-14-19(12(16)2)27(17-10-15(17)24)21(29)18(20(14)28)22(30)31/h4-5,13,15,17-18,25H,3,6-11H2,1-2H3,(H,30,31)/t13-,15+,17-,18?/m1/s1. The number of nitrogens with one attached hydrogen (secondary N) is 1. The first-order chi connectivity index (χ1) is 14.8. The van der Waals surface area contributed by atoms with Gasteiger partial charge in [-0.1, -0.05) is 6.92 Å². The van der Waals surface area contributed by atoms with Crippen LogP contribution in [0.25, 0.3) is 0 Å². The maximum absolute atomic E-state index is 14.0. The van der Waals surface area contributed by atoms with Crippen molar-refractivity contribution in [2.75, 3.05) is 29.4 Å². The molecule has 1 unspecified atom stereocenters. The van der Waals surface area contributed by atoms with Crippen LogP contribution >= 0.6 is 0 Å². The number of anilines is 2. The number of carbonyl (C=O) groups excluding carboxylic acids is 2. The average molecular weight is 429 g/mol. The Kier molecular flexibility index (Phi) is 4.62. The van der Waals surface area contributed by atoms with Crippen molar-refractivity contribution in [1.29, 1.82) is 0 Å². The van der Waals surface area contributed by atoms with Gasteiger partial charge in [-0.05, 0) is 56.3 Å². The fourth-order valence-electron chi connectivity index (χ4n) is 5.67. The number of halogens is 1. The number of benzene rings is 1. The largest absolute Gasteiger partial charge is 0.480 e. The normalized spacial score (nSPS) is 31.1. The van der Waals surface area contributed by atoms with E-state index in [9.17, 15) is 23.9 Å². The average Bonchev–Trinajstić information content (AvgIpc) is 3.59. The molecular weight excluding hydrogens is 401 g/mol. The van der Waals surface area contributed by atoms with E-state index in [4.69, 9.17) is 0 Å². The van der Waals surface area contributed by atoms with Gasteiger partial charge >= 0.3 is 5.97 Å². The van der Waals surface area contributed by atoms with Crippen LogP contribution in [0.4, 0.5) is 15.8 Å². The van der Waals surface area contributed by atoms with E-state index >= 15 is 0 Å². The van der Waals surface area contributed by atoms with Crippen molar-refractivity contribution in [1.82, 2.24) is 5.32 Å². The molecule has 2 heterocycles. The van der Waals surface area contributed by atoms with Gasteiger partial charge in [0.15, 0.2) is 11.7 Å². The molecule has 4 aliphatic rings. The topological polar surface area (TPSA) is 89.9 Å². The van der Waals surface area contributed by atoms with Crippen LogP contribution in [0.2, 0.25) is 0 Å². The lowest BCUT2D eigenvalue weighted by atomic mass is 9.87. The lowest BCUT2D eigenvalue weighted by Crippen LogP contribution is -2.50. The van der Waals surface area contributed by atoms with Crippen LogP contribution in [-0.2, 0) is 9.59 Å². The number of alkyl halides is 1. The van der Waals surface area contributed by atoms with Crippen molar-refractivity contribution in [3.8, 4) is 0 Å². The number of carboxylic acids is 1.